The van der Waals surface area contributed by atoms with E-state index in [9.17, 15) is 4.39 Å². The number of halogens is 1. The molecule has 1 aromatic carbocycles. The fraction of sp³-hybridized carbons (Fsp3) is 0.500. The molecule has 0 aromatic heterocycles. The lowest BCUT2D eigenvalue weighted by molar-refractivity contribution is 0.197. The molecule has 0 aliphatic carbocycles. The zero-order chi connectivity index (χ0) is 12.8. The number of piperidine rings is 1. The van der Waals surface area contributed by atoms with Crippen LogP contribution in [0, 0.1) is 24.1 Å². The number of likely N-dealkylation sites (tertiary alicyclic amines) is 1. The maximum Gasteiger partial charge on any atom is 0.126 e. The molecule has 0 amide bonds. The lowest BCUT2D eigenvalue weighted by Gasteiger charge is -2.30. The van der Waals surface area contributed by atoms with Gasteiger partial charge in [0.15, 0.2) is 0 Å². The number of nitrogens with zero attached hydrogens (tertiary/aromatic N) is 1. The van der Waals surface area contributed by atoms with Crippen molar-refractivity contribution in [1.29, 1.82) is 0 Å². The Labute approximate surface area is 109 Å². The van der Waals surface area contributed by atoms with Crippen molar-refractivity contribution in [3.8, 4) is 12.3 Å². The summed E-state index contributed by atoms with van der Waals surface area (Å²) in [5.74, 6) is 3.35. The van der Waals surface area contributed by atoms with Crippen molar-refractivity contribution in [3.63, 3.8) is 0 Å². The number of benzene rings is 1. The van der Waals surface area contributed by atoms with Crippen LogP contribution in [-0.4, -0.2) is 24.5 Å². The largest absolute Gasteiger partial charge is 0.292 e. The van der Waals surface area contributed by atoms with Crippen LogP contribution in [-0.2, 0) is 6.42 Å². The minimum absolute atomic E-state index is 0.0673. The third-order valence-corrected chi connectivity index (χ3v) is 3.80. The van der Waals surface area contributed by atoms with E-state index in [1.807, 2.05) is 12.1 Å². The quantitative estimate of drug-likeness (QED) is 0.737. The Balaban J connectivity index is 1.76. The van der Waals surface area contributed by atoms with Gasteiger partial charge in [0.1, 0.15) is 5.82 Å². The predicted molar refractivity (Wildman–Crippen MR) is 72.7 cm³/mol. The van der Waals surface area contributed by atoms with E-state index in [0.29, 0.717) is 0 Å². The number of terminal acetylenes is 1. The molecule has 96 valence electrons. The van der Waals surface area contributed by atoms with Crippen LogP contribution in [0.15, 0.2) is 24.3 Å². The summed E-state index contributed by atoms with van der Waals surface area (Å²) in [6.07, 6.45) is 9.63. The summed E-state index contributed by atoms with van der Waals surface area (Å²) in [7, 11) is 0. The highest BCUT2D eigenvalue weighted by Gasteiger charge is 2.18. The summed E-state index contributed by atoms with van der Waals surface area (Å²) >= 11 is 0. The Morgan fingerprint density at radius 1 is 1.28 bits per heavy atom. The van der Waals surface area contributed by atoms with Crippen LogP contribution < -0.4 is 0 Å². The van der Waals surface area contributed by atoms with Gasteiger partial charge in [-0.15, -0.1) is 6.42 Å². The number of hydrogen-bond acceptors (Lipinski definition) is 1. The molecule has 1 saturated heterocycles. The smallest absolute Gasteiger partial charge is 0.126 e. The fourth-order valence-corrected chi connectivity index (χ4v) is 2.62. The predicted octanol–water partition coefficient (Wildman–Crippen LogP) is 3.10. The lowest BCUT2D eigenvalue weighted by Crippen LogP contribution is -2.34. The van der Waals surface area contributed by atoms with Crippen molar-refractivity contribution in [1.82, 2.24) is 4.90 Å². The van der Waals surface area contributed by atoms with Crippen molar-refractivity contribution >= 4 is 0 Å². The minimum atomic E-state index is -0.0673. The molecule has 1 nitrogen and oxygen atoms in total. The first-order valence-corrected chi connectivity index (χ1v) is 6.69. The Kier molecular flexibility index (Phi) is 4.78. The first-order valence-electron chi connectivity index (χ1n) is 6.69. The maximum absolute atomic E-state index is 13.5. The molecular formula is C16H20FN. The molecule has 0 unspecified atom stereocenters. The lowest BCUT2D eigenvalue weighted by atomic mass is 9.90. The van der Waals surface area contributed by atoms with Gasteiger partial charge in [-0.05, 0) is 56.3 Å². The topological polar surface area (TPSA) is 3.24 Å². The normalized spacial score (nSPS) is 17.6. The molecule has 18 heavy (non-hydrogen) atoms. The third kappa shape index (κ3) is 3.58. The monoisotopic (exact) mass is 245 g/mol. The fourth-order valence-electron chi connectivity index (χ4n) is 2.62. The van der Waals surface area contributed by atoms with Gasteiger partial charge in [-0.2, -0.15) is 0 Å². The summed E-state index contributed by atoms with van der Waals surface area (Å²) in [5, 5.41) is 0. The van der Waals surface area contributed by atoms with Gasteiger partial charge in [0.05, 0.1) is 6.54 Å². The van der Waals surface area contributed by atoms with Crippen LogP contribution in [0.25, 0.3) is 0 Å². The van der Waals surface area contributed by atoms with Crippen LogP contribution in [0.5, 0.6) is 0 Å². The number of rotatable bonds is 4. The van der Waals surface area contributed by atoms with E-state index in [1.165, 1.54) is 12.8 Å². The Hall–Kier alpha value is -1.33. The van der Waals surface area contributed by atoms with Crippen molar-refractivity contribution in [2.75, 3.05) is 19.6 Å². The SMILES string of the molecule is C#CCN1CCC(CCc2ccccc2F)CC1. The van der Waals surface area contributed by atoms with Gasteiger partial charge in [-0.1, -0.05) is 24.1 Å². The second-order valence-corrected chi connectivity index (χ2v) is 5.05. The Morgan fingerprint density at radius 3 is 2.67 bits per heavy atom. The van der Waals surface area contributed by atoms with E-state index >= 15 is 0 Å². The summed E-state index contributed by atoms with van der Waals surface area (Å²) in [6, 6.07) is 7.10. The summed E-state index contributed by atoms with van der Waals surface area (Å²) < 4.78 is 13.5. The van der Waals surface area contributed by atoms with Crippen molar-refractivity contribution in [2.24, 2.45) is 5.92 Å². The number of hydrogen-bond donors (Lipinski definition) is 0. The van der Waals surface area contributed by atoms with Gasteiger partial charge in [-0.25, -0.2) is 4.39 Å². The summed E-state index contributed by atoms with van der Waals surface area (Å²) in [6.45, 7) is 2.94. The van der Waals surface area contributed by atoms with Gasteiger partial charge >= 0.3 is 0 Å². The van der Waals surface area contributed by atoms with Crippen molar-refractivity contribution < 1.29 is 4.39 Å². The van der Waals surface area contributed by atoms with Crippen LogP contribution in [0.4, 0.5) is 4.39 Å². The van der Waals surface area contributed by atoms with Gasteiger partial charge in [0, 0.05) is 0 Å². The minimum Gasteiger partial charge on any atom is -0.292 e. The van der Waals surface area contributed by atoms with Crippen LogP contribution in [0.1, 0.15) is 24.8 Å². The number of aryl methyl sites for hydroxylation is 1. The average Bonchev–Trinajstić information content (AvgIpc) is 2.40. The van der Waals surface area contributed by atoms with E-state index in [1.54, 1.807) is 12.1 Å². The molecule has 1 aliphatic heterocycles. The molecule has 0 saturated carbocycles. The van der Waals surface area contributed by atoms with E-state index in [0.717, 1.165) is 44.0 Å². The van der Waals surface area contributed by atoms with E-state index in [4.69, 9.17) is 6.42 Å². The standard InChI is InChI=1S/C16H20FN/c1-2-11-18-12-9-14(10-13-18)7-8-15-5-3-4-6-16(15)17/h1,3-6,14H,7-13H2. The van der Waals surface area contributed by atoms with E-state index in [-0.39, 0.29) is 5.82 Å². The van der Waals surface area contributed by atoms with Gasteiger partial charge in [-0.3, -0.25) is 4.90 Å². The van der Waals surface area contributed by atoms with Crippen molar-refractivity contribution in [2.45, 2.75) is 25.7 Å². The third-order valence-electron chi connectivity index (χ3n) is 3.80. The van der Waals surface area contributed by atoms with E-state index in [2.05, 4.69) is 10.8 Å². The van der Waals surface area contributed by atoms with Gasteiger partial charge in [0.2, 0.25) is 0 Å². The van der Waals surface area contributed by atoms with Crippen molar-refractivity contribution in [3.05, 3.63) is 35.6 Å². The molecule has 1 aromatic rings. The van der Waals surface area contributed by atoms with Gasteiger partial charge in [0.25, 0.3) is 0 Å². The molecule has 0 bridgehead atoms. The van der Waals surface area contributed by atoms with Crippen LogP contribution in [0.2, 0.25) is 0 Å². The highest BCUT2D eigenvalue weighted by Crippen LogP contribution is 2.22. The molecule has 0 atom stereocenters. The molecule has 1 fully saturated rings. The molecule has 1 aliphatic rings. The molecular weight excluding hydrogens is 225 g/mol. The highest BCUT2D eigenvalue weighted by molar-refractivity contribution is 5.17. The zero-order valence-corrected chi connectivity index (χ0v) is 10.7. The summed E-state index contributed by atoms with van der Waals surface area (Å²) in [4.78, 5) is 2.32. The second-order valence-electron chi connectivity index (χ2n) is 5.05. The Bertz CT molecular complexity index is 413. The second kappa shape index (κ2) is 6.56. The highest BCUT2D eigenvalue weighted by atomic mass is 19.1. The molecule has 2 rings (SSSR count). The molecule has 0 N–H and O–H groups in total. The first-order chi connectivity index (χ1) is 8.79. The molecule has 0 radical (unpaired) electrons. The molecule has 0 spiro atoms. The van der Waals surface area contributed by atoms with Crippen LogP contribution >= 0.6 is 0 Å². The first kappa shape index (κ1) is 13.1. The average molecular weight is 245 g/mol. The molecule has 1 heterocycles. The summed E-state index contributed by atoms with van der Waals surface area (Å²) in [5.41, 5.74) is 0.851. The molecule has 2 heteroatoms. The van der Waals surface area contributed by atoms with Crippen LogP contribution in [0.3, 0.4) is 0 Å². The van der Waals surface area contributed by atoms with E-state index < -0.39 is 0 Å². The van der Waals surface area contributed by atoms with Gasteiger partial charge < -0.3 is 0 Å². The Morgan fingerprint density at radius 2 is 2.00 bits per heavy atom. The zero-order valence-electron chi connectivity index (χ0n) is 10.7. The maximum atomic E-state index is 13.5.